The van der Waals surface area contributed by atoms with Gasteiger partial charge in [-0.3, -0.25) is 38.6 Å². The van der Waals surface area contributed by atoms with Gasteiger partial charge in [-0.15, -0.1) is 0 Å². The van der Waals surface area contributed by atoms with Crippen LogP contribution >= 0.6 is 0 Å². The van der Waals surface area contributed by atoms with Crippen LogP contribution < -0.4 is 10.6 Å². The molecule has 7 heterocycles. The zero-order valence-corrected chi connectivity index (χ0v) is 80.6. The van der Waals surface area contributed by atoms with Crippen molar-refractivity contribution in [2.75, 3.05) is 157 Å². The molecule has 5 unspecified atom stereocenters. The minimum Gasteiger partial charge on any atom is -0.391 e. The maximum atomic E-state index is 11.9. The monoisotopic (exact) mass is 1640 g/mol. The normalized spacial score (nSPS) is 20.8. The highest BCUT2D eigenvalue weighted by Gasteiger charge is 2.33. The molecular weight excluding hydrogens is 1450 g/mol. The first-order chi connectivity index (χ1) is 52.9. The zero-order chi connectivity index (χ0) is 87.6. The van der Waals surface area contributed by atoms with Gasteiger partial charge in [-0.2, -0.15) is 4.31 Å². The molecule has 23 heteroatoms. The summed E-state index contributed by atoms with van der Waals surface area (Å²) in [6.45, 7) is 89.0. The van der Waals surface area contributed by atoms with Crippen molar-refractivity contribution in [3.8, 4) is 0 Å². The quantitative estimate of drug-likeness (QED) is 0.0662. The number of piperazine rings is 2. The van der Waals surface area contributed by atoms with E-state index in [4.69, 9.17) is 4.74 Å². The highest BCUT2D eigenvalue weighted by atomic mass is 32.2. The van der Waals surface area contributed by atoms with Crippen molar-refractivity contribution in [2.45, 2.75) is 321 Å². The fourth-order valence-electron chi connectivity index (χ4n) is 14.9. The van der Waals surface area contributed by atoms with Crippen LogP contribution in [0.25, 0.3) is 0 Å². The van der Waals surface area contributed by atoms with E-state index in [1.807, 2.05) is 117 Å². The van der Waals surface area contributed by atoms with Crippen LogP contribution in [-0.4, -0.2) is 302 Å². The van der Waals surface area contributed by atoms with Crippen molar-refractivity contribution in [2.24, 2.45) is 76.9 Å². The second kappa shape index (κ2) is 58.5. The van der Waals surface area contributed by atoms with Gasteiger partial charge in [0.25, 0.3) is 0 Å². The van der Waals surface area contributed by atoms with Crippen LogP contribution in [0.15, 0.2) is 0 Å². The van der Waals surface area contributed by atoms with Crippen molar-refractivity contribution < 1.29 is 47.0 Å². The molecule has 0 aliphatic carbocycles. The van der Waals surface area contributed by atoms with E-state index in [2.05, 4.69) is 146 Å². The lowest BCUT2D eigenvalue weighted by atomic mass is 9.96. The first-order valence-corrected chi connectivity index (χ1v) is 47.1. The van der Waals surface area contributed by atoms with E-state index < -0.39 is 10.0 Å². The number of aliphatic hydroxyl groups excluding tert-OH is 1. The van der Waals surface area contributed by atoms with Crippen LogP contribution in [-0.2, 0) is 43.5 Å². The maximum Gasteiger partial charge on any atom is 0.225 e. The summed E-state index contributed by atoms with van der Waals surface area (Å²) in [6, 6.07) is 3.01. The first kappa shape index (κ1) is 111. The van der Waals surface area contributed by atoms with Crippen LogP contribution in [0.3, 0.4) is 0 Å². The highest BCUT2D eigenvalue weighted by molar-refractivity contribution is 7.89. The van der Waals surface area contributed by atoms with E-state index in [-0.39, 0.29) is 58.9 Å². The van der Waals surface area contributed by atoms with E-state index in [0.717, 1.165) is 162 Å². The fourth-order valence-corrected chi connectivity index (χ4v) is 16.2. The van der Waals surface area contributed by atoms with Crippen molar-refractivity contribution >= 4 is 45.3 Å². The van der Waals surface area contributed by atoms with E-state index in [9.17, 15) is 42.3 Å². The summed E-state index contributed by atoms with van der Waals surface area (Å²) < 4.78 is 30.7. The molecule has 7 aliphatic rings. The van der Waals surface area contributed by atoms with Crippen LogP contribution in [0, 0.1) is 76.9 Å². The summed E-state index contributed by atoms with van der Waals surface area (Å²) in [5, 5.41) is 15.5. The predicted octanol–water partition coefficient (Wildman–Crippen LogP) is 13.4. The zero-order valence-electron chi connectivity index (χ0n) is 79.8. The van der Waals surface area contributed by atoms with E-state index in [0.29, 0.717) is 109 Å². The minimum atomic E-state index is -3.05. The maximum absolute atomic E-state index is 11.9. The molecule has 674 valence electrons. The van der Waals surface area contributed by atoms with Gasteiger partial charge in [0.2, 0.25) is 39.6 Å². The van der Waals surface area contributed by atoms with Gasteiger partial charge < -0.3 is 54.8 Å². The number of amides is 5. The molecule has 0 saturated carbocycles. The van der Waals surface area contributed by atoms with Gasteiger partial charge in [0.15, 0.2) is 0 Å². The Kier molecular flexibility index (Phi) is 56.8. The molecule has 7 aliphatic heterocycles. The number of nitrogens with one attached hydrogen (secondary N) is 2. The molecule has 5 atom stereocenters. The topological polar surface area (TPSA) is 222 Å². The number of aliphatic hydroxyl groups is 1. The first-order valence-electron chi connectivity index (χ1n) is 45.6. The molecule has 5 amide bonds. The lowest BCUT2D eigenvalue weighted by molar-refractivity contribution is -0.136. The smallest absolute Gasteiger partial charge is 0.225 e. The largest absolute Gasteiger partial charge is 0.391 e. The van der Waals surface area contributed by atoms with Gasteiger partial charge in [-0.25, -0.2) is 8.42 Å². The van der Waals surface area contributed by atoms with E-state index in [1.165, 1.54) is 38.8 Å². The molecule has 0 radical (unpaired) electrons. The summed E-state index contributed by atoms with van der Waals surface area (Å²) in [7, 11) is -3.05. The average molecular weight is 1640 g/mol. The Balaban J connectivity index is 0.00000128. The number of hydrogen-bond donors (Lipinski definition) is 3. The molecule has 0 spiro atoms. The van der Waals surface area contributed by atoms with Crippen molar-refractivity contribution in [3.63, 3.8) is 0 Å². The molecule has 22 nitrogen and oxygen atoms in total. The van der Waals surface area contributed by atoms with E-state index in [1.54, 1.807) is 18.2 Å². The molecule has 0 aromatic rings. The third-order valence-electron chi connectivity index (χ3n) is 22.3. The summed E-state index contributed by atoms with van der Waals surface area (Å²) in [5.41, 5.74) is 0. The number of sulfonamides is 1. The van der Waals surface area contributed by atoms with Gasteiger partial charge >= 0.3 is 0 Å². The molecule has 114 heavy (non-hydrogen) atoms. The fraction of sp³-hybridized carbons (Fsp3) is 0.934. The molecule has 0 bridgehead atoms. The van der Waals surface area contributed by atoms with Crippen LogP contribution in [0.5, 0.6) is 0 Å². The van der Waals surface area contributed by atoms with E-state index >= 15 is 0 Å². The van der Waals surface area contributed by atoms with Gasteiger partial charge in [0.05, 0.1) is 24.1 Å². The second-order valence-electron chi connectivity index (χ2n) is 39.0. The number of ether oxygens (including phenoxy) is 1. The summed E-state index contributed by atoms with van der Waals surface area (Å²) in [6.07, 6.45) is 8.70. The summed E-state index contributed by atoms with van der Waals surface area (Å²) in [5.74, 6) is 7.35. The molecule has 3 N–H and O–H groups in total. The SMILES string of the molecule is CC(C)C(=O)CC1CCN(C(C)C)C1.CC(C)C(=O)N1CCCN(C(C)C)CC1.CC(C)C(=O)N1CCN(C(C)C)CC1.CC(C)C(=O)NCC1CCN(C(C)C)C1.CC(C)CC(O)COC(C)C.CC(C)CC1CCN(C(=O)C(C)C)C1.CC(C)CN1CCN(S(=O)(=O)C(C)C)CC1.CC(C)NCC1CCN(C(=O)C(C)C)C1. The minimum absolute atomic E-state index is 0.104. The van der Waals surface area contributed by atoms with Crippen LogP contribution in [0.2, 0.25) is 0 Å². The molecular formula is C91H184N12O10S. The Hall–Kier alpha value is -3.39. The standard InChI is InChI=1S/3C12H24N2O.2C12H23NO.C11H24N2O2S.C11H22N2O.C9H20O2/c1-9(2)12(15)13-7-11-5-6-14(8-11)10(3)4;1-9(2)12(15)14-6-5-11(8-14)7-13-10(3)4;1-10(2)12(15)14-7-5-6-13(8-9-14)11(3)4;1-9(2)12(14)7-11-5-6-13(8-11)10(3)4;1-9(2)7-11-5-6-13(8-11)12(14)10(3)4;1-10(2)9-12-5-7-13(8-6-12)16(14,15)11(3)4;1-9(2)11(14)13-7-5-12(6-8-13)10(3)4;1-7(2)5-9(10)6-11-8(3)4/h9-11H,5-8H2,1-4H3,(H,13,15);9-11,13H,5-8H2,1-4H3;10-11H,5-9H2,1-4H3;2*9-11H,5-8H2,1-4H3;10-11H,5-9H2,1-4H3;9-10H,5-8H2,1-4H3;7-10H,5-6H2,1-4H3. The predicted molar refractivity (Wildman–Crippen MR) is 478 cm³/mol. The van der Waals surface area contributed by atoms with Crippen molar-refractivity contribution in [1.82, 2.24) is 59.0 Å². The molecule has 0 aromatic heterocycles. The number of hydrogen-bond acceptors (Lipinski definition) is 16. The number of carbonyl (C=O) groups excluding carboxylic acids is 6. The number of nitrogens with zero attached hydrogens (tertiary/aromatic N) is 10. The Morgan fingerprint density at radius 1 is 0.395 bits per heavy atom. The third kappa shape index (κ3) is 47.6. The van der Waals surface area contributed by atoms with Gasteiger partial charge in [0, 0.05) is 203 Å². The number of likely N-dealkylation sites (tertiary alicyclic amines) is 4. The van der Waals surface area contributed by atoms with Gasteiger partial charge in [-0.1, -0.05) is 138 Å². The number of Topliss-reactive ketones (excluding diaryl/α,β-unsaturated/α-hetero) is 1. The lowest BCUT2D eigenvalue weighted by Crippen LogP contribution is -2.51. The molecule has 7 rings (SSSR count). The number of ketones is 1. The van der Waals surface area contributed by atoms with Gasteiger partial charge in [-0.05, 0) is 189 Å². The van der Waals surface area contributed by atoms with Crippen molar-refractivity contribution in [3.05, 3.63) is 0 Å². The molecule has 0 aromatic carbocycles. The number of carbonyl (C=O) groups is 6. The summed E-state index contributed by atoms with van der Waals surface area (Å²) in [4.78, 5) is 90.1. The number of rotatable bonds is 28. The van der Waals surface area contributed by atoms with Gasteiger partial charge in [0.1, 0.15) is 5.78 Å². The molecule has 7 saturated heterocycles. The molecule has 7 fully saturated rings. The average Bonchev–Trinajstić information content (AvgIpc) is 1.09. The van der Waals surface area contributed by atoms with Crippen molar-refractivity contribution in [1.29, 1.82) is 0 Å². The Morgan fingerprint density at radius 2 is 0.798 bits per heavy atom. The third-order valence-corrected chi connectivity index (χ3v) is 24.6. The second-order valence-corrected chi connectivity index (χ2v) is 41.5. The van der Waals surface area contributed by atoms with Crippen LogP contribution in [0.1, 0.15) is 273 Å². The Morgan fingerprint density at radius 3 is 1.18 bits per heavy atom. The Bertz CT molecular complexity index is 2670. The highest BCUT2D eigenvalue weighted by Crippen LogP contribution is 2.26. The lowest BCUT2D eigenvalue weighted by Gasteiger charge is -2.37. The van der Waals surface area contributed by atoms with Crippen LogP contribution in [0.4, 0.5) is 0 Å². The summed E-state index contributed by atoms with van der Waals surface area (Å²) >= 11 is 0. The Labute approximate surface area is 702 Å².